The van der Waals surface area contributed by atoms with Crippen LogP contribution in [0.25, 0.3) is 0 Å². The van der Waals surface area contributed by atoms with Crippen LogP contribution in [0.15, 0.2) is 24.3 Å². The van der Waals surface area contributed by atoms with Gasteiger partial charge in [0.2, 0.25) is 0 Å². The number of amides is 1. The van der Waals surface area contributed by atoms with E-state index in [-0.39, 0.29) is 6.10 Å². The molecule has 0 saturated heterocycles. The largest absolute Gasteiger partial charge is 0.488 e. The second kappa shape index (κ2) is 8.77. The molecule has 5 heteroatoms. The van der Waals surface area contributed by atoms with Crippen molar-refractivity contribution in [2.24, 2.45) is 0 Å². The molecule has 1 amide bonds. The summed E-state index contributed by atoms with van der Waals surface area (Å²) in [5.41, 5.74) is 0.577. The Bertz CT molecular complexity index is 494. The number of aryl methyl sites for hydroxylation is 1. The van der Waals surface area contributed by atoms with Crippen molar-refractivity contribution in [3.05, 3.63) is 29.8 Å². The lowest BCUT2D eigenvalue weighted by Gasteiger charge is -2.20. The van der Waals surface area contributed by atoms with E-state index >= 15 is 0 Å². The van der Waals surface area contributed by atoms with Gasteiger partial charge in [0.05, 0.1) is 6.10 Å². The van der Waals surface area contributed by atoms with Gasteiger partial charge in [0.1, 0.15) is 17.5 Å². The highest BCUT2D eigenvalue weighted by Gasteiger charge is 2.16. The van der Waals surface area contributed by atoms with Crippen LogP contribution in [-0.4, -0.2) is 35.6 Å². The van der Waals surface area contributed by atoms with Crippen LogP contribution in [0.1, 0.15) is 46.6 Å². The number of ether oxygens (including phenoxy) is 2. The van der Waals surface area contributed by atoms with Crippen LogP contribution in [0.5, 0.6) is 5.75 Å². The van der Waals surface area contributed by atoms with Crippen LogP contribution in [0.3, 0.4) is 0 Å². The van der Waals surface area contributed by atoms with Crippen molar-refractivity contribution in [3.63, 3.8) is 0 Å². The molecular formula is C18H29NO4. The number of para-hydroxylation sites is 1. The third-order valence-corrected chi connectivity index (χ3v) is 3.26. The van der Waals surface area contributed by atoms with E-state index < -0.39 is 17.8 Å². The van der Waals surface area contributed by atoms with Gasteiger partial charge in [0.25, 0.3) is 0 Å². The van der Waals surface area contributed by atoms with E-state index in [0.717, 1.165) is 24.2 Å². The van der Waals surface area contributed by atoms with Crippen molar-refractivity contribution in [3.8, 4) is 5.75 Å². The molecule has 0 aliphatic heterocycles. The maximum absolute atomic E-state index is 11.6. The highest BCUT2D eigenvalue weighted by Crippen LogP contribution is 2.21. The zero-order valence-electron chi connectivity index (χ0n) is 14.8. The molecule has 0 unspecified atom stereocenters. The fraction of sp³-hybridized carbons (Fsp3) is 0.611. The van der Waals surface area contributed by atoms with Gasteiger partial charge >= 0.3 is 6.09 Å². The number of hydrogen-bond acceptors (Lipinski definition) is 4. The quantitative estimate of drug-likeness (QED) is 0.756. The SMILES string of the molecule is C[C@H](O)[C@H](C)Oc1ccccc1CCCNC(=O)OC(C)(C)C. The van der Waals surface area contributed by atoms with E-state index in [1.165, 1.54) is 0 Å². The summed E-state index contributed by atoms with van der Waals surface area (Å²) in [6, 6.07) is 7.76. The number of nitrogens with one attached hydrogen (secondary N) is 1. The highest BCUT2D eigenvalue weighted by molar-refractivity contribution is 5.67. The van der Waals surface area contributed by atoms with Gasteiger partial charge in [-0.3, -0.25) is 0 Å². The molecule has 0 spiro atoms. The first kappa shape index (κ1) is 19.3. The molecule has 5 nitrogen and oxygen atoms in total. The second-order valence-corrected chi connectivity index (χ2v) is 6.70. The zero-order valence-corrected chi connectivity index (χ0v) is 14.8. The van der Waals surface area contributed by atoms with Crippen LogP contribution >= 0.6 is 0 Å². The maximum atomic E-state index is 11.6. The fourth-order valence-corrected chi connectivity index (χ4v) is 1.91. The summed E-state index contributed by atoms with van der Waals surface area (Å²) in [6.45, 7) is 9.59. The maximum Gasteiger partial charge on any atom is 0.407 e. The number of benzene rings is 1. The summed E-state index contributed by atoms with van der Waals surface area (Å²) in [4.78, 5) is 11.6. The summed E-state index contributed by atoms with van der Waals surface area (Å²) >= 11 is 0. The Kier molecular flexibility index (Phi) is 7.36. The van der Waals surface area contributed by atoms with Gasteiger partial charge in [-0.2, -0.15) is 0 Å². The molecule has 0 aromatic heterocycles. The lowest BCUT2D eigenvalue weighted by molar-refractivity contribution is 0.0526. The third-order valence-electron chi connectivity index (χ3n) is 3.26. The van der Waals surface area contributed by atoms with Gasteiger partial charge in [0, 0.05) is 6.54 Å². The van der Waals surface area contributed by atoms with E-state index in [1.54, 1.807) is 6.92 Å². The molecule has 0 saturated carbocycles. The second-order valence-electron chi connectivity index (χ2n) is 6.70. The van der Waals surface area contributed by atoms with Crippen LogP contribution in [0.2, 0.25) is 0 Å². The molecule has 0 fully saturated rings. The van der Waals surface area contributed by atoms with E-state index in [0.29, 0.717) is 6.54 Å². The summed E-state index contributed by atoms with van der Waals surface area (Å²) in [5, 5.41) is 12.3. The Morgan fingerprint density at radius 3 is 2.52 bits per heavy atom. The van der Waals surface area contributed by atoms with Gasteiger partial charge in [-0.1, -0.05) is 18.2 Å². The zero-order chi connectivity index (χ0) is 17.5. The normalized spacial score (nSPS) is 14.0. The molecule has 0 aliphatic rings. The van der Waals surface area contributed by atoms with Crippen LogP contribution in [0, 0.1) is 0 Å². The van der Waals surface area contributed by atoms with E-state index in [9.17, 15) is 9.90 Å². The molecule has 0 heterocycles. The Hall–Kier alpha value is -1.75. The molecule has 2 atom stereocenters. The van der Waals surface area contributed by atoms with Crippen LogP contribution in [0.4, 0.5) is 4.79 Å². The fourth-order valence-electron chi connectivity index (χ4n) is 1.91. The number of carbonyl (C=O) groups excluding carboxylic acids is 1. The molecule has 2 N–H and O–H groups in total. The van der Waals surface area contributed by atoms with Crippen LogP contribution < -0.4 is 10.1 Å². The first-order valence-electron chi connectivity index (χ1n) is 8.08. The lowest BCUT2D eigenvalue weighted by Crippen LogP contribution is -2.33. The topological polar surface area (TPSA) is 67.8 Å². The standard InChI is InChI=1S/C18H29NO4/c1-13(20)14(2)22-16-11-7-6-9-15(16)10-8-12-19-17(21)23-18(3,4)5/h6-7,9,11,13-14,20H,8,10,12H2,1-5H3,(H,19,21)/t13-,14-/m0/s1. The Morgan fingerprint density at radius 1 is 1.26 bits per heavy atom. The van der Waals surface area contributed by atoms with Crippen molar-refractivity contribution < 1.29 is 19.4 Å². The average Bonchev–Trinajstić information content (AvgIpc) is 2.43. The van der Waals surface area contributed by atoms with Crippen molar-refractivity contribution in [1.82, 2.24) is 5.32 Å². The first-order valence-corrected chi connectivity index (χ1v) is 8.08. The average molecular weight is 323 g/mol. The smallest absolute Gasteiger partial charge is 0.407 e. The van der Waals surface area contributed by atoms with E-state index in [1.807, 2.05) is 52.0 Å². The van der Waals surface area contributed by atoms with Gasteiger partial charge < -0.3 is 19.9 Å². The summed E-state index contributed by atoms with van der Waals surface area (Å²) in [7, 11) is 0. The number of hydrogen-bond donors (Lipinski definition) is 2. The van der Waals surface area contributed by atoms with Crippen molar-refractivity contribution in [2.45, 2.75) is 65.3 Å². The number of alkyl carbamates (subject to hydrolysis) is 1. The highest BCUT2D eigenvalue weighted by atomic mass is 16.6. The molecule has 0 radical (unpaired) electrons. The van der Waals surface area contributed by atoms with Crippen molar-refractivity contribution >= 4 is 6.09 Å². The minimum atomic E-state index is -0.531. The lowest BCUT2D eigenvalue weighted by atomic mass is 10.1. The summed E-state index contributed by atoms with van der Waals surface area (Å²) < 4.78 is 11.0. The monoisotopic (exact) mass is 323 g/mol. The van der Waals surface area contributed by atoms with Crippen molar-refractivity contribution in [1.29, 1.82) is 0 Å². The van der Waals surface area contributed by atoms with E-state index in [4.69, 9.17) is 9.47 Å². The molecule has 1 aromatic carbocycles. The minimum absolute atomic E-state index is 0.268. The van der Waals surface area contributed by atoms with Gasteiger partial charge in [-0.15, -0.1) is 0 Å². The Morgan fingerprint density at radius 2 is 1.91 bits per heavy atom. The first-order chi connectivity index (χ1) is 10.7. The molecule has 0 aliphatic carbocycles. The molecular weight excluding hydrogens is 294 g/mol. The Labute approximate surface area is 139 Å². The number of rotatable bonds is 7. The van der Waals surface area contributed by atoms with Crippen molar-refractivity contribution in [2.75, 3.05) is 6.54 Å². The molecule has 1 aromatic rings. The summed E-state index contributed by atoms with van der Waals surface area (Å²) in [5.74, 6) is 0.776. The summed E-state index contributed by atoms with van der Waals surface area (Å²) in [6.07, 6.45) is 0.360. The number of aliphatic hydroxyl groups excluding tert-OH is 1. The van der Waals surface area contributed by atoms with Gasteiger partial charge in [-0.25, -0.2) is 4.79 Å². The van der Waals surface area contributed by atoms with E-state index in [2.05, 4.69) is 5.32 Å². The van der Waals surface area contributed by atoms with Crippen LogP contribution in [-0.2, 0) is 11.2 Å². The predicted molar refractivity (Wildman–Crippen MR) is 90.8 cm³/mol. The third kappa shape index (κ3) is 7.88. The molecule has 23 heavy (non-hydrogen) atoms. The van der Waals surface area contributed by atoms with Gasteiger partial charge in [0.15, 0.2) is 0 Å². The number of aliphatic hydroxyl groups is 1. The van der Waals surface area contributed by atoms with Gasteiger partial charge in [-0.05, 0) is 59.1 Å². The predicted octanol–water partition coefficient (Wildman–Crippen LogP) is 3.29. The molecule has 130 valence electrons. The minimum Gasteiger partial charge on any atom is -0.488 e. The molecule has 0 bridgehead atoms. The number of carbonyl (C=O) groups is 1. The Balaban J connectivity index is 2.45. The molecule has 1 rings (SSSR count).